The first kappa shape index (κ1) is 20.4. The van der Waals surface area contributed by atoms with Crippen molar-refractivity contribution in [2.24, 2.45) is 5.92 Å². The van der Waals surface area contributed by atoms with Gasteiger partial charge in [-0.1, -0.05) is 11.3 Å². The average molecular weight is 396 g/mol. The first-order valence-corrected chi connectivity index (χ1v) is 8.65. The number of hydrogen-bond donors (Lipinski definition) is 2. The second kappa shape index (κ2) is 8.16. The van der Waals surface area contributed by atoms with Gasteiger partial charge in [-0.15, -0.1) is 10.2 Å². The molecule has 1 aromatic rings. The number of anilines is 1. The van der Waals surface area contributed by atoms with E-state index in [0.29, 0.717) is 5.92 Å². The lowest BCUT2D eigenvalue weighted by Crippen LogP contribution is -2.42. The van der Waals surface area contributed by atoms with Crippen LogP contribution in [0.1, 0.15) is 17.8 Å². The number of rotatable bonds is 2. The third-order valence-corrected chi connectivity index (χ3v) is 5.02. The molecular weight excluding hydrogens is 377 g/mol. The molecule has 2 aliphatic rings. The van der Waals surface area contributed by atoms with E-state index in [-0.39, 0.29) is 18.1 Å². The van der Waals surface area contributed by atoms with Gasteiger partial charge in [0.1, 0.15) is 11.1 Å². The number of carboxylic acid groups (broad SMARTS) is 1. The Bertz CT molecular complexity index is 654. The monoisotopic (exact) mass is 396 g/mol. The standard InChI is InChI=1S/C12H18N4O2S.C2HF3O2/c1-7-14-15-12(19-7)16-4-3-8-5-9(11(17)13-2)18-10(8)6-16;3-2(4,5)1(6)7/h8-10H,3-6H2,1-2H3,(H,13,17);(H,6,7)/t8-,9+,10-;/m0./s1. The van der Waals surface area contributed by atoms with Crippen molar-refractivity contribution >= 4 is 28.3 Å². The minimum absolute atomic E-state index is 0.00675. The van der Waals surface area contributed by atoms with Crippen molar-refractivity contribution < 1.29 is 32.6 Å². The highest BCUT2D eigenvalue weighted by Crippen LogP contribution is 2.35. The van der Waals surface area contributed by atoms with Crippen LogP contribution in [-0.2, 0) is 14.3 Å². The van der Waals surface area contributed by atoms with Crippen molar-refractivity contribution in [1.29, 1.82) is 0 Å². The number of fused-ring (bicyclic) bond motifs is 1. The van der Waals surface area contributed by atoms with E-state index in [2.05, 4.69) is 20.4 Å². The molecule has 2 N–H and O–H groups in total. The summed E-state index contributed by atoms with van der Waals surface area (Å²) in [6.45, 7) is 3.74. The Morgan fingerprint density at radius 3 is 2.54 bits per heavy atom. The normalized spacial score (nSPS) is 25.1. The Balaban J connectivity index is 0.000000298. The molecule has 0 unspecified atom stereocenters. The van der Waals surface area contributed by atoms with Crippen LogP contribution in [0.25, 0.3) is 0 Å². The van der Waals surface area contributed by atoms with Crippen LogP contribution in [0.15, 0.2) is 0 Å². The van der Waals surface area contributed by atoms with Crippen LogP contribution in [0, 0.1) is 12.8 Å². The van der Waals surface area contributed by atoms with Gasteiger partial charge in [-0.2, -0.15) is 13.2 Å². The van der Waals surface area contributed by atoms with Gasteiger partial charge >= 0.3 is 12.1 Å². The van der Waals surface area contributed by atoms with E-state index in [1.165, 1.54) is 0 Å². The zero-order chi connectivity index (χ0) is 19.5. The molecule has 0 radical (unpaired) electrons. The third-order valence-electron chi connectivity index (χ3n) is 4.12. The molecule has 1 aromatic heterocycles. The molecule has 12 heteroatoms. The molecule has 3 heterocycles. The van der Waals surface area contributed by atoms with Crippen molar-refractivity contribution in [3.05, 3.63) is 5.01 Å². The number of carbonyl (C=O) groups is 2. The van der Waals surface area contributed by atoms with Gasteiger partial charge < -0.3 is 20.1 Å². The highest BCUT2D eigenvalue weighted by Gasteiger charge is 2.42. The number of likely N-dealkylation sites (N-methyl/N-ethyl adjacent to an activating group) is 1. The van der Waals surface area contributed by atoms with Gasteiger partial charge in [0, 0.05) is 20.1 Å². The summed E-state index contributed by atoms with van der Waals surface area (Å²) in [7, 11) is 1.66. The average Bonchev–Trinajstić information content (AvgIpc) is 3.19. The summed E-state index contributed by atoms with van der Waals surface area (Å²) in [4.78, 5) is 22.8. The minimum atomic E-state index is -5.08. The first-order chi connectivity index (χ1) is 12.1. The van der Waals surface area contributed by atoms with Crippen LogP contribution < -0.4 is 10.2 Å². The smallest absolute Gasteiger partial charge is 0.475 e. The van der Waals surface area contributed by atoms with Crippen molar-refractivity contribution in [2.45, 2.75) is 38.1 Å². The summed E-state index contributed by atoms with van der Waals surface area (Å²) in [5.74, 6) is -2.27. The number of hydrogen-bond acceptors (Lipinski definition) is 7. The Labute approximate surface area is 151 Å². The number of piperidine rings is 1. The Hall–Kier alpha value is -1.95. The van der Waals surface area contributed by atoms with Crippen LogP contribution in [0.2, 0.25) is 0 Å². The summed E-state index contributed by atoms with van der Waals surface area (Å²) in [6, 6.07) is 0. The van der Waals surface area contributed by atoms with E-state index in [4.69, 9.17) is 14.6 Å². The summed E-state index contributed by atoms with van der Waals surface area (Å²) in [5.41, 5.74) is 0. The van der Waals surface area contributed by atoms with E-state index in [0.717, 1.165) is 36.1 Å². The van der Waals surface area contributed by atoms with Gasteiger partial charge in [0.15, 0.2) is 0 Å². The number of alkyl halides is 3. The number of nitrogens with zero attached hydrogens (tertiary/aromatic N) is 3. The quantitative estimate of drug-likeness (QED) is 0.774. The van der Waals surface area contributed by atoms with E-state index < -0.39 is 12.1 Å². The molecule has 2 fully saturated rings. The number of carboxylic acids is 1. The second-order valence-corrected chi connectivity index (χ2v) is 7.07. The van der Waals surface area contributed by atoms with Crippen LogP contribution >= 0.6 is 11.3 Å². The van der Waals surface area contributed by atoms with Crippen molar-refractivity contribution in [2.75, 3.05) is 25.0 Å². The number of amides is 1. The van der Waals surface area contributed by atoms with E-state index in [1.807, 2.05) is 6.92 Å². The first-order valence-electron chi connectivity index (χ1n) is 7.84. The number of aryl methyl sites for hydroxylation is 1. The van der Waals surface area contributed by atoms with Gasteiger partial charge in [0.2, 0.25) is 11.0 Å². The van der Waals surface area contributed by atoms with Crippen LogP contribution in [0.4, 0.5) is 18.3 Å². The zero-order valence-corrected chi connectivity index (χ0v) is 14.9. The molecular formula is C14H19F3N4O4S. The SMILES string of the molecule is CNC(=O)[C@H]1C[C@@H]2CCN(c3nnc(C)s3)C[C@@H]2O1.O=C(O)C(F)(F)F. The largest absolute Gasteiger partial charge is 0.490 e. The molecule has 3 rings (SSSR count). The lowest BCUT2D eigenvalue weighted by Gasteiger charge is -2.33. The number of carbonyl (C=O) groups excluding carboxylic acids is 1. The molecule has 2 saturated heterocycles. The molecule has 0 bridgehead atoms. The fourth-order valence-corrected chi connectivity index (χ4v) is 3.57. The molecule has 8 nitrogen and oxygen atoms in total. The van der Waals surface area contributed by atoms with Crippen molar-refractivity contribution in [1.82, 2.24) is 15.5 Å². The fourth-order valence-electron chi connectivity index (χ4n) is 2.85. The van der Waals surface area contributed by atoms with Crippen LogP contribution in [0.5, 0.6) is 0 Å². The molecule has 0 aliphatic carbocycles. The number of halogens is 3. The summed E-state index contributed by atoms with van der Waals surface area (Å²) < 4.78 is 37.6. The second-order valence-electron chi connectivity index (χ2n) is 5.91. The predicted octanol–water partition coefficient (Wildman–Crippen LogP) is 1.21. The maximum atomic E-state index is 11.6. The van der Waals surface area contributed by atoms with E-state index in [1.54, 1.807) is 18.4 Å². The Morgan fingerprint density at radius 1 is 1.38 bits per heavy atom. The maximum Gasteiger partial charge on any atom is 0.490 e. The molecule has 26 heavy (non-hydrogen) atoms. The molecule has 146 valence electrons. The molecule has 3 atom stereocenters. The van der Waals surface area contributed by atoms with Crippen molar-refractivity contribution in [3.63, 3.8) is 0 Å². The highest BCUT2D eigenvalue weighted by molar-refractivity contribution is 7.15. The van der Waals surface area contributed by atoms with Crippen LogP contribution in [0.3, 0.4) is 0 Å². The number of aromatic nitrogens is 2. The molecule has 0 saturated carbocycles. The fraction of sp³-hybridized carbons (Fsp3) is 0.714. The summed E-state index contributed by atoms with van der Waals surface area (Å²) in [6.07, 6.45) is -3.33. The van der Waals surface area contributed by atoms with Crippen molar-refractivity contribution in [3.8, 4) is 0 Å². The van der Waals surface area contributed by atoms with Gasteiger partial charge in [-0.3, -0.25) is 4.79 Å². The molecule has 1 amide bonds. The lowest BCUT2D eigenvalue weighted by molar-refractivity contribution is -0.192. The van der Waals surface area contributed by atoms with Gasteiger partial charge in [0.05, 0.1) is 6.10 Å². The van der Waals surface area contributed by atoms with Gasteiger partial charge in [-0.25, -0.2) is 4.79 Å². The highest BCUT2D eigenvalue weighted by atomic mass is 32.1. The predicted molar refractivity (Wildman–Crippen MR) is 86.0 cm³/mol. The van der Waals surface area contributed by atoms with Gasteiger partial charge in [-0.05, 0) is 25.7 Å². The molecule has 0 aromatic carbocycles. The Kier molecular flexibility index (Phi) is 6.39. The number of ether oxygens (including phenoxy) is 1. The maximum absolute atomic E-state index is 11.6. The topological polar surface area (TPSA) is 105 Å². The van der Waals surface area contributed by atoms with E-state index >= 15 is 0 Å². The summed E-state index contributed by atoms with van der Waals surface area (Å²) in [5, 5.41) is 20.0. The summed E-state index contributed by atoms with van der Waals surface area (Å²) >= 11 is 1.61. The lowest BCUT2D eigenvalue weighted by atomic mass is 9.92. The van der Waals surface area contributed by atoms with Crippen LogP contribution in [-0.4, -0.2) is 65.7 Å². The van der Waals surface area contributed by atoms with E-state index in [9.17, 15) is 18.0 Å². The Morgan fingerprint density at radius 2 is 2.04 bits per heavy atom. The van der Waals surface area contributed by atoms with Gasteiger partial charge in [0.25, 0.3) is 0 Å². The third kappa shape index (κ3) is 5.04. The number of nitrogens with one attached hydrogen (secondary N) is 1. The molecule has 0 spiro atoms. The zero-order valence-electron chi connectivity index (χ0n) is 14.1. The minimum Gasteiger partial charge on any atom is -0.475 e. The molecule has 2 aliphatic heterocycles. The number of aliphatic carboxylic acids is 1.